The lowest BCUT2D eigenvalue weighted by Crippen LogP contribution is -2.14. The van der Waals surface area contributed by atoms with Crippen LogP contribution in [0.5, 0.6) is 0 Å². The van der Waals surface area contributed by atoms with Crippen molar-refractivity contribution in [3.63, 3.8) is 0 Å². The van der Waals surface area contributed by atoms with Crippen LogP contribution < -0.4 is 0 Å². The van der Waals surface area contributed by atoms with Gasteiger partial charge in [-0.25, -0.2) is 0 Å². The van der Waals surface area contributed by atoms with E-state index in [2.05, 4.69) is 4.74 Å². The molecule has 54 valence electrons. The Morgan fingerprint density at radius 1 is 1.78 bits per heavy atom. The van der Waals surface area contributed by atoms with Gasteiger partial charge in [0.1, 0.15) is 6.61 Å². The molecule has 0 fully saturated rings. The van der Waals surface area contributed by atoms with Crippen LogP contribution in [0.15, 0.2) is 0 Å². The SMILES string of the molecule is CCC(=O)OC[C@H](C)O. The van der Waals surface area contributed by atoms with Gasteiger partial charge in [0, 0.05) is 6.42 Å². The van der Waals surface area contributed by atoms with Crippen molar-refractivity contribution >= 4 is 5.97 Å². The number of hydrogen-bond acceptors (Lipinski definition) is 3. The van der Waals surface area contributed by atoms with Crippen molar-refractivity contribution in [2.75, 3.05) is 6.61 Å². The summed E-state index contributed by atoms with van der Waals surface area (Å²) in [6.07, 6.45) is -0.187. The second-order valence-electron chi connectivity index (χ2n) is 1.89. The topological polar surface area (TPSA) is 46.5 Å². The average molecular weight is 132 g/mol. The van der Waals surface area contributed by atoms with Gasteiger partial charge in [0.2, 0.25) is 0 Å². The van der Waals surface area contributed by atoms with E-state index >= 15 is 0 Å². The van der Waals surface area contributed by atoms with Gasteiger partial charge in [-0.3, -0.25) is 4.79 Å². The summed E-state index contributed by atoms with van der Waals surface area (Å²) in [5.74, 6) is -0.268. The molecule has 0 aromatic rings. The van der Waals surface area contributed by atoms with Crippen LogP contribution in [0, 0.1) is 0 Å². The van der Waals surface area contributed by atoms with Crippen LogP contribution in [0.3, 0.4) is 0 Å². The normalized spacial score (nSPS) is 12.8. The van der Waals surface area contributed by atoms with Gasteiger partial charge in [0.25, 0.3) is 0 Å². The molecule has 1 N–H and O–H groups in total. The predicted octanol–water partition coefficient (Wildman–Crippen LogP) is 0.320. The first-order valence-corrected chi connectivity index (χ1v) is 3.00. The summed E-state index contributed by atoms with van der Waals surface area (Å²) in [4.78, 5) is 10.4. The van der Waals surface area contributed by atoms with Gasteiger partial charge >= 0.3 is 5.97 Å². The highest BCUT2D eigenvalue weighted by molar-refractivity contribution is 5.68. The smallest absolute Gasteiger partial charge is 0.305 e. The Morgan fingerprint density at radius 3 is 2.67 bits per heavy atom. The van der Waals surface area contributed by atoms with Crippen LogP contribution in [-0.4, -0.2) is 23.8 Å². The van der Waals surface area contributed by atoms with Gasteiger partial charge in [-0.1, -0.05) is 6.92 Å². The van der Waals surface area contributed by atoms with Crippen LogP contribution >= 0.6 is 0 Å². The molecule has 0 unspecified atom stereocenters. The largest absolute Gasteiger partial charge is 0.463 e. The minimum absolute atomic E-state index is 0.104. The molecule has 0 aromatic carbocycles. The molecule has 0 spiro atoms. The molecule has 0 bridgehead atoms. The van der Waals surface area contributed by atoms with Crippen LogP contribution in [0.25, 0.3) is 0 Å². The number of carbonyl (C=O) groups is 1. The van der Waals surface area contributed by atoms with Crippen LogP contribution in [-0.2, 0) is 9.53 Å². The molecule has 0 aliphatic rings. The van der Waals surface area contributed by atoms with E-state index in [0.717, 1.165) is 0 Å². The number of aliphatic hydroxyl groups is 1. The molecule has 0 amide bonds. The molecule has 0 aliphatic heterocycles. The molecule has 1 atom stereocenters. The summed E-state index contributed by atoms with van der Waals surface area (Å²) >= 11 is 0. The Kier molecular flexibility index (Phi) is 4.05. The third-order valence-electron chi connectivity index (χ3n) is 0.774. The molecule has 3 heteroatoms. The summed E-state index contributed by atoms with van der Waals surface area (Å²) in [5.41, 5.74) is 0. The summed E-state index contributed by atoms with van der Waals surface area (Å²) in [5, 5.41) is 8.62. The van der Waals surface area contributed by atoms with E-state index in [4.69, 9.17) is 5.11 Å². The number of aliphatic hydroxyl groups excluding tert-OH is 1. The van der Waals surface area contributed by atoms with E-state index < -0.39 is 6.10 Å². The molecule has 0 aliphatic carbocycles. The number of ether oxygens (including phenoxy) is 1. The Labute approximate surface area is 54.6 Å². The third-order valence-corrected chi connectivity index (χ3v) is 0.774. The third kappa shape index (κ3) is 5.30. The van der Waals surface area contributed by atoms with E-state index in [0.29, 0.717) is 6.42 Å². The second-order valence-corrected chi connectivity index (χ2v) is 1.89. The Hall–Kier alpha value is -0.570. The maximum atomic E-state index is 10.4. The Morgan fingerprint density at radius 2 is 2.33 bits per heavy atom. The van der Waals surface area contributed by atoms with Crippen LogP contribution in [0.2, 0.25) is 0 Å². The van der Waals surface area contributed by atoms with Crippen LogP contribution in [0.1, 0.15) is 20.3 Å². The highest BCUT2D eigenvalue weighted by Crippen LogP contribution is 1.86. The zero-order valence-electron chi connectivity index (χ0n) is 5.76. The van der Waals surface area contributed by atoms with Crippen molar-refractivity contribution < 1.29 is 14.6 Å². The van der Waals surface area contributed by atoms with Gasteiger partial charge in [-0.2, -0.15) is 0 Å². The minimum atomic E-state index is -0.555. The Bertz CT molecular complexity index is 88.3. The molecule has 0 saturated carbocycles. The number of esters is 1. The van der Waals surface area contributed by atoms with E-state index in [1.165, 1.54) is 0 Å². The summed E-state index contributed by atoms with van der Waals surface area (Å²) in [7, 11) is 0. The zero-order chi connectivity index (χ0) is 7.28. The quantitative estimate of drug-likeness (QED) is 0.562. The summed E-state index contributed by atoms with van der Waals surface area (Å²) < 4.78 is 4.56. The lowest BCUT2D eigenvalue weighted by molar-refractivity contribution is -0.145. The van der Waals surface area contributed by atoms with E-state index in [-0.39, 0.29) is 12.6 Å². The predicted molar refractivity (Wildman–Crippen MR) is 32.9 cm³/mol. The van der Waals surface area contributed by atoms with E-state index in [1.807, 2.05) is 0 Å². The standard InChI is InChI=1S/C6H12O3/c1-3-6(8)9-4-5(2)7/h5,7H,3-4H2,1-2H3/t5-/m0/s1. The monoisotopic (exact) mass is 132 g/mol. The molecular formula is C6H12O3. The number of hydrogen-bond donors (Lipinski definition) is 1. The van der Waals surface area contributed by atoms with Gasteiger partial charge < -0.3 is 9.84 Å². The number of rotatable bonds is 3. The molecule has 0 rings (SSSR count). The maximum Gasteiger partial charge on any atom is 0.305 e. The van der Waals surface area contributed by atoms with Gasteiger partial charge in [0.05, 0.1) is 6.10 Å². The highest BCUT2D eigenvalue weighted by Gasteiger charge is 1.99. The van der Waals surface area contributed by atoms with Gasteiger partial charge in [-0.05, 0) is 6.92 Å². The first-order chi connectivity index (χ1) is 4.16. The highest BCUT2D eigenvalue weighted by atomic mass is 16.5. The van der Waals surface area contributed by atoms with E-state index in [1.54, 1.807) is 13.8 Å². The summed E-state index contributed by atoms with van der Waals surface area (Å²) in [6, 6.07) is 0. The Balaban J connectivity index is 3.17. The summed E-state index contributed by atoms with van der Waals surface area (Å²) in [6.45, 7) is 3.39. The maximum absolute atomic E-state index is 10.4. The lowest BCUT2D eigenvalue weighted by Gasteiger charge is -2.03. The van der Waals surface area contributed by atoms with Gasteiger partial charge in [-0.15, -0.1) is 0 Å². The fourth-order valence-corrected chi connectivity index (χ4v) is 0.316. The minimum Gasteiger partial charge on any atom is -0.463 e. The van der Waals surface area contributed by atoms with Crippen molar-refractivity contribution in [2.45, 2.75) is 26.4 Å². The van der Waals surface area contributed by atoms with Crippen molar-refractivity contribution in [1.82, 2.24) is 0 Å². The fraction of sp³-hybridized carbons (Fsp3) is 0.833. The van der Waals surface area contributed by atoms with Crippen molar-refractivity contribution in [2.24, 2.45) is 0 Å². The first-order valence-electron chi connectivity index (χ1n) is 3.00. The first kappa shape index (κ1) is 8.43. The molecule has 0 aromatic heterocycles. The van der Waals surface area contributed by atoms with Crippen molar-refractivity contribution in [1.29, 1.82) is 0 Å². The lowest BCUT2D eigenvalue weighted by atomic mass is 10.4. The molecule has 0 saturated heterocycles. The molecule has 0 radical (unpaired) electrons. The van der Waals surface area contributed by atoms with Crippen LogP contribution in [0.4, 0.5) is 0 Å². The molecule has 9 heavy (non-hydrogen) atoms. The zero-order valence-corrected chi connectivity index (χ0v) is 5.76. The number of carbonyl (C=O) groups excluding carboxylic acids is 1. The average Bonchev–Trinajstić information content (AvgIpc) is 1.83. The molecular weight excluding hydrogens is 120 g/mol. The van der Waals surface area contributed by atoms with Gasteiger partial charge in [0.15, 0.2) is 0 Å². The molecule has 3 nitrogen and oxygen atoms in total. The molecule has 0 heterocycles. The second kappa shape index (κ2) is 4.32. The van der Waals surface area contributed by atoms with Crippen molar-refractivity contribution in [3.8, 4) is 0 Å². The van der Waals surface area contributed by atoms with E-state index in [9.17, 15) is 4.79 Å². The van der Waals surface area contributed by atoms with Crippen molar-refractivity contribution in [3.05, 3.63) is 0 Å². The fourth-order valence-electron chi connectivity index (χ4n) is 0.316.